The van der Waals surface area contributed by atoms with Crippen molar-refractivity contribution in [1.82, 2.24) is 21.3 Å². The summed E-state index contributed by atoms with van der Waals surface area (Å²) in [5, 5.41) is 27.0. The lowest BCUT2D eigenvalue weighted by atomic mass is 10.1. The van der Waals surface area contributed by atoms with Gasteiger partial charge in [-0.05, 0) is 26.3 Å². The molecule has 0 aromatic carbocycles. The maximum atomic E-state index is 12.2. The maximum Gasteiger partial charge on any atom is 0.322 e. The van der Waals surface area contributed by atoms with Gasteiger partial charge in [0.25, 0.3) is 0 Å². The number of carbonyl (C=O) groups excluding carboxylic acids is 3. The van der Waals surface area contributed by atoms with Crippen molar-refractivity contribution in [3.05, 3.63) is 0 Å². The summed E-state index contributed by atoms with van der Waals surface area (Å²) in [5.41, 5.74) is 0. The van der Waals surface area contributed by atoms with E-state index in [2.05, 4.69) is 21.3 Å². The normalized spacial score (nSPS) is 18.7. The van der Waals surface area contributed by atoms with Crippen molar-refractivity contribution in [3.8, 4) is 0 Å². The van der Waals surface area contributed by atoms with Crippen molar-refractivity contribution in [3.63, 3.8) is 0 Å². The summed E-state index contributed by atoms with van der Waals surface area (Å²) < 4.78 is 0. The molecule has 0 aliphatic carbocycles. The number of carboxylic acid groups (broad SMARTS) is 2. The van der Waals surface area contributed by atoms with E-state index in [1.807, 2.05) is 0 Å². The van der Waals surface area contributed by atoms with E-state index in [9.17, 15) is 24.0 Å². The Hall–Kier alpha value is -2.69. The molecular weight excluding hydrogens is 336 g/mol. The first kappa shape index (κ1) is 20.4. The molecule has 11 nitrogen and oxygen atoms in total. The third-order valence-corrected chi connectivity index (χ3v) is 3.55. The maximum absolute atomic E-state index is 12.2. The van der Waals surface area contributed by atoms with Crippen molar-refractivity contribution >= 4 is 29.7 Å². The number of hydrogen-bond donors (Lipinski definition) is 6. The number of nitrogens with one attached hydrogen (secondary N) is 4. The van der Waals surface area contributed by atoms with Crippen molar-refractivity contribution in [2.24, 2.45) is 0 Å². The average molecular weight is 358 g/mol. The lowest BCUT2D eigenvalue weighted by Crippen LogP contribution is -2.55. The molecule has 1 fully saturated rings. The van der Waals surface area contributed by atoms with Crippen LogP contribution in [-0.2, 0) is 24.0 Å². The van der Waals surface area contributed by atoms with Crippen LogP contribution in [0.2, 0.25) is 0 Å². The fourth-order valence-corrected chi connectivity index (χ4v) is 2.26. The van der Waals surface area contributed by atoms with Crippen LogP contribution in [0.4, 0.5) is 0 Å². The molecule has 1 rings (SSSR count). The van der Waals surface area contributed by atoms with E-state index in [-0.39, 0.29) is 0 Å². The van der Waals surface area contributed by atoms with E-state index in [1.54, 1.807) is 0 Å². The van der Waals surface area contributed by atoms with Crippen molar-refractivity contribution in [2.75, 3.05) is 13.1 Å². The minimum absolute atomic E-state index is 0.484. The predicted molar refractivity (Wildman–Crippen MR) is 83.5 cm³/mol. The highest BCUT2D eigenvalue weighted by atomic mass is 16.4. The fraction of sp³-hybridized carbons (Fsp3) is 0.643. The molecule has 3 unspecified atom stereocenters. The van der Waals surface area contributed by atoms with Crippen molar-refractivity contribution in [2.45, 2.75) is 44.3 Å². The molecule has 1 aliphatic rings. The number of aliphatic carboxylic acids is 2. The van der Waals surface area contributed by atoms with Gasteiger partial charge in [0.05, 0.1) is 12.5 Å². The van der Waals surface area contributed by atoms with E-state index >= 15 is 0 Å². The highest BCUT2D eigenvalue weighted by Gasteiger charge is 2.30. The van der Waals surface area contributed by atoms with Gasteiger partial charge in [0, 0.05) is 0 Å². The molecule has 3 amide bonds. The van der Waals surface area contributed by atoms with Gasteiger partial charge in [-0.15, -0.1) is 0 Å². The molecule has 6 N–H and O–H groups in total. The lowest BCUT2D eigenvalue weighted by molar-refractivity contribution is -0.141. The fourth-order valence-electron chi connectivity index (χ4n) is 2.26. The zero-order valence-electron chi connectivity index (χ0n) is 13.7. The van der Waals surface area contributed by atoms with Gasteiger partial charge in [0.2, 0.25) is 17.7 Å². The Morgan fingerprint density at radius 3 is 2.28 bits per heavy atom. The summed E-state index contributed by atoms with van der Waals surface area (Å²) in [6.45, 7) is 1.36. The Labute approximate surface area is 143 Å². The van der Waals surface area contributed by atoms with Crippen LogP contribution in [0.15, 0.2) is 0 Å². The third kappa shape index (κ3) is 7.16. The zero-order chi connectivity index (χ0) is 19.0. The molecule has 0 spiro atoms. The Balaban J connectivity index is 2.62. The van der Waals surface area contributed by atoms with Gasteiger partial charge in [-0.25, -0.2) is 0 Å². The molecule has 0 bridgehead atoms. The molecule has 0 saturated carbocycles. The summed E-state index contributed by atoms with van der Waals surface area (Å²) in [4.78, 5) is 57.2. The van der Waals surface area contributed by atoms with Gasteiger partial charge >= 0.3 is 11.9 Å². The molecule has 0 radical (unpaired) electrons. The summed E-state index contributed by atoms with van der Waals surface area (Å²) in [6, 6.07) is -2.92. The topological polar surface area (TPSA) is 174 Å². The summed E-state index contributed by atoms with van der Waals surface area (Å²) in [7, 11) is 0. The van der Waals surface area contributed by atoms with Crippen LogP contribution in [0.5, 0.6) is 0 Å². The van der Waals surface area contributed by atoms with Crippen LogP contribution in [0.25, 0.3) is 0 Å². The molecule has 0 aromatic heterocycles. The first-order valence-electron chi connectivity index (χ1n) is 7.76. The smallest absolute Gasteiger partial charge is 0.322 e. The number of rotatable bonds is 9. The number of carbonyl (C=O) groups is 5. The van der Waals surface area contributed by atoms with E-state index in [1.165, 1.54) is 6.92 Å². The lowest BCUT2D eigenvalue weighted by Gasteiger charge is -2.21. The van der Waals surface area contributed by atoms with Crippen molar-refractivity contribution in [1.29, 1.82) is 0 Å². The van der Waals surface area contributed by atoms with Crippen molar-refractivity contribution < 1.29 is 34.2 Å². The zero-order valence-corrected chi connectivity index (χ0v) is 13.7. The highest BCUT2D eigenvalue weighted by molar-refractivity contribution is 5.95. The van der Waals surface area contributed by atoms with Crippen LogP contribution < -0.4 is 21.3 Å². The van der Waals surface area contributed by atoms with Crippen LogP contribution in [0, 0.1) is 0 Å². The summed E-state index contributed by atoms with van der Waals surface area (Å²) in [5.74, 6) is -4.60. The molecule has 11 heteroatoms. The van der Waals surface area contributed by atoms with Crippen LogP contribution in [-0.4, -0.2) is 71.1 Å². The molecule has 140 valence electrons. The molecule has 25 heavy (non-hydrogen) atoms. The van der Waals surface area contributed by atoms with Gasteiger partial charge in [-0.3, -0.25) is 24.0 Å². The number of amides is 3. The minimum atomic E-state index is -1.35. The van der Waals surface area contributed by atoms with E-state index < -0.39 is 60.8 Å². The Morgan fingerprint density at radius 2 is 1.76 bits per heavy atom. The second-order valence-electron chi connectivity index (χ2n) is 5.65. The van der Waals surface area contributed by atoms with Gasteiger partial charge in [0.15, 0.2) is 0 Å². The van der Waals surface area contributed by atoms with E-state index in [0.29, 0.717) is 13.0 Å². The second-order valence-corrected chi connectivity index (χ2v) is 5.65. The Morgan fingerprint density at radius 1 is 1.08 bits per heavy atom. The van der Waals surface area contributed by atoms with Crippen LogP contribution in [0.3, 0.4) is 0 Å². The second kappa shape index (κ2) is 9.57. The largest absolute Gasteiger partial charge is 0.481 e. The monoisotopic (exact) mass is 358 g/mol. The number of hydrogen-bond acceptors (Lipinski definition) is 6. The standard InChI is InChI=1S/C14H22N4O7/c1-7(12(23)16-6-11(21)22)17-14(25)9(5-10(19)20)18-13(24)8-3-2-4-15-8/h7-9,15H,2-6H2,1H3,(H,16,23)(H,17,25)(H,18,24)(H,19,20)(H,21,22). The minimum Gasteiger partial charge on any atom is -0.481 e. The highest BCUT2D eigenvalue weighted by Crippen LogP contribution is 2.06. The molecule has 1 aliphatic heterocycles. The van der Waals surface area contributed by atoms with Gasteiger partial charge < -0.3 is 31.5 Å². The van der Waals surface area contributed by atoms with Crippen LogP contribution >= 0.6 is 0 Å². The predicted octanol–water partition coefficient (Wildman–Crippen LogP) is -2.60. The molecule has 0 aromatic rings. The first-order valence-corrected chi connectivity index (χ1v) is 7.76. The van der Waals surface area contributed by atoms with E-state index in [4.69, 9.17) is 10.2 Å². The van der Waals surface area contributed by atoms with Gasteiger partial charge in [-0.2, -0.15) is 0 Å². The Bertz CT molecular complexity index is 545. The summed E-state index contributed by atoms with van der Waals surface area (Å²) >= 11 is 0. The van der Waals surface area contributed by atoms with Gasteiger partial charge in [-0.1, -0.05) is 0 Å². The molecule has 1 heterocycles. The van der Waals surface area contributed by atoms with E-state index in [0.717, 1.165) is 6.42 Å². The molecular formula is C14H22N4O7. The molecule has 3 atom stereocenters. The quantitative estimate of drug-likeness (QED) is 0.260. The Kier molecular flexibility index (Phi) is 7.79. The van der Waals surface area contributed by atoms with Crippen LogP contribution in [0.1, 0.15) is 26.2 Å². The number of carboxylic acids is 2. The molecule has 1 saturated heterocycles. The third-order valence-electron chi connectivity index (χ3n) is 3.55. The average Bonchev–Trinajstić information content (AvgIpc) is 3.05. The van der Waals surface area contributed by atoms with Gasteiger partial charge in [0.1, 0.15) is 18.6 Å². The first-order chi connectivity index (χ1) is 11.7. The SMILES string of the molecule is CC(NC(=O)C(CC(=O)O)NC(=O)C1CCCN1)C(=O)NCC(=O)O. The summed E-state index contributed by atoms with van der Waals surface area (Å²) in [6.07, 6.45) is 0.740.